The van der Waals surface area contributed by atoms with Crippen LogP contribution in [0.4, 0.5) is 0 Å². The first-order valence-electron chi connectivity index (χ1n) is 6.76. The molecule has 2 unspecified atom stereocenters. The number of aliphatic hydroxyl groups is 1. The Kier molecular flexibility index (Phi) is 3.81. The van der Waals surface area contributed by atoms with E-state index in [1.54, 1.807) is 0 Å². The van der Waals surface area contributed by atoms with Crippen molar-refractivity contribution in [1.29, 1.82) is 0 Å². The summed E-state index contributed by atoms with van der Waals surface area (Å²) in [5, 5.41) is 15.4. The van der Waals surface area contributed by atoms with Crippen molar-refractivity contribution in [3.63, 3.8) is 0 Å². The highest BCUT2D eigenvalue weighted by Gasteiger charge is 2.79. The maximum Gasteiger partial charge on any atom is 0.378 e. The van der Waals surface area contributed by atoms with Crippen LogP contribution in [0.2, 0.25) is 0 Å². The summed E-state index contributed by atoms with van der Waals surface area (Å²) in [6, 6.07) is -1.47. The predicted molar refractivity (Wildman–Crippen MR) is 82.4 cm³/mol. The van der Waals surface area contributed by atoms with Gasteiger partial charge in [-0.15, -0.1) is 5.10 Å². The van der Waals surface area contributed by atoms with Crippen molar-refractivity contribution in [2.45, 2.75) is 34.0 Å². The lowest BCUT2D eigenvalue weighted by Crippen LogP contribution is -2.73. The molecular formula is C11H12BBrN4O6S. The van der Waals surface area contributed by atoms with Gasteiger partial charge in [0.05, 0.1) is 19.3 Å². The largest absolute Gasteiger partial charge is 0.542 e. The highest BCUT2D eigenvalue weighted by molar-refractivity contribution is 9.10. The predicted octanol–water partition coefficient (Wildman–Crippen LogP) is -2.25. The fourth-order valence-corrected chi connectivity index (χ4v) is 7.01. The molecule has 2 aliphatic rings. The summed E-state index contributed by atoms with van der Waals surface area (Å²) in [6.45, 7) is 0.321. The number of carbonyl (C=O) groups is 2. The molecular weight excluding hydrogens is 407 g/mol. The number of sulfone groups is 1. The minimum Gasteiger partial charge on any atom is -0.542 e. The Morgan fingerprint density at radius 1 is 1.58 bits per heavy atom. The lowest BCUT2D eigenvalue weighted by Gasteiger charge is -2.48. The van der Waals surface area contributed by atoms with Crippen LogP contribution >= 0.6 is 15.9 Å². The van der Waals surface area contributed by atoms with Gasteiger partial charge in [0, 0.05) is 6.20 Å². The van der Waals surface area contributed by atoms with Gasteiger partial charge < -0.3 is 14.7 Å². The molecule has 0 spiro atoms. The third-order valence-corrected chi connectivity index (χ3v) is 8.75. The molecule has 24 heavy (non-hydrogen) atoms. The van der Waals surface area contributed by atoms with E-state index >= 15 is 0 Å². The first-order valence-corrected chi connectivity index (χ1v) is 9.09. The first kappa shape index (κ1) is 17.4. The van der Waals surface area contributed by atoms with Crippen molar-refractivity contribution in [3.8, 4) is 0 Å². The van der Waals surface area contributed by atoms with Crippen LogP contribution in [0.3, 0.4) is 0 Å². The molecule has 1 aromatic heterocycles. The van der Waals surface area contributed by atoms with E-state index in [4.69, 9.17) is 8.05 Å². The first-order chi connectivity index (χ1) is 11.1. The Labute approximate surface area is 146 Å². The Morgan fingerprint density at radius 3 is 2.75 bits per heavy atom. The number of halogens is 1. The van der Waals surface area contributed by atoms with Crippen LogP contribution in [0.15, 0.2) is 12.4 Å². The van der Waals surface area contributed by atoms with Crippen LogP contribution in [0.25, 0.3) is 0 Å². The van der Waals surface area contributed by atoms with Gasteiger partial charge in [-0.1, -0.05) is 21.1 Å². The maximum absolute atomic E-state index is 13.1. The normalized spacial score (nSPS) is 37.0. The van der Waals surface area contributed by atoms with Crippen LogP contribution in [0.5, 0.6) is 0 Å². The van der Waals surface area contributed by atoms with E-state index in [-0.39, 0.29) is 6.54 Å². The fourth-order valence-electron chi connectivity index (χ4n) is 3.32. The van der Waals surface area contributed by atoms with Gasteiger partial charge in [0.25, 0.3) is 0 Å². The Hall–Kier alpha value is -1.47. The van der Waals surface area contributed by atoms with Crippen molar-refractivity contribution >= 4 is 45.7 Å². The molecule has 10 nitrogen and oxygen atoms in total. The molecule has 1 amide bonds. The molecule has 128 valence electrons. The summed E-state index contributed by atoms with van der Waals surface area (Å²) in [7, 11) is 0.827. The van der Waals surface area contributed by atoms with Crippen molar-refractivity contribution < 1.29 is 27.8 Å². The highest BCUT2D eigenvalue weighted by atomic mass is 79.9. The molecule has 0 aromatic carbocycles. The molecule has 4 atom stereocenters. The minimum absolute atomic E-state index is 0.246. The van der Waals surface area contributed by atoms with Gasteiger partial charge in [0.15, 0.2) is 25.6 Å². The standard InChI is InChI=1S/C11H12BBrN4O6S/c1-10(4-16-3-2-14-15-16)6(7(19)23-12)17-8(20)11(13,5-18)9(17)24(10,21)22/h2-3,6,9,18H,4-5H2,1H3/t6?,9?,10-,11-/m0/s1. The highest BCUT2D eigenvalue weighted by Crippen LogP contribution is 2.54. The summed E-state index contributed by atoms with van der Waals surface area (Å²) in [5.74, 6) is -1.79. The fraction of sp³-hybridized carbons (Fsp3) is 0.636. The molecule has 2 saturated heterocycles. The molecule has 1 N–H and O–H groups in total. The van der Waals surface area contributed by atoms with Crippen LogP contribution in [0, 0.1) is 0 Å². The van der Waals surface area contributed by atoms with E-state index in [0.717, 1.165) is 4.90 Å². The van der Waals surface area contributed by atoms with E-state index in [9.17, 15) is 23.1 Å². The molecule has 0 saturated carbocycles. The zero-order valence-electron chi connectivity index (χ0n) is 12.4. The number of hydrogen-bond donors (Lipinski definition) is 1. The summed E-state index contributed by atoms with van der Waals surface area (Å²) in [6.07, 6.45) is 2.78. The molecule has 2 aliphatic heterocycles. The van der Waals surface area contributed by atoms with Crippen LogP contribution in [0.1, 0.15) is 6.92 Å². The van der Waals surface area contributed by atoms with E-state index in [2.05, 4.69) is 30.9 Å². The van der Waals surface area contributed by atoms with Crippen molar-refractivity contribution in [1.82, 2.24) is 19.9 Å². The van der Waals surface area contributed by atoms with Crippen molar-refractivity contribution in [2.75, 3.05) is 6.61 Å². The number of β-lactam (4-membered cyclic amide) rings is 1. The van der Waals surface area contributed by atoms with Gasteiger partial charge in [0.1, 0.15) is 4.75 Å². The number of nitrogens with zero attached hydrogens (tertiary/aromatic N) is 4. The SMILES string of the molecule is [B]OC(=O)C1N2C(=O)[C@@](Br)(CO)C2S(=O)(=O)[C@@]1(C)Cn1ccnn1. The second kappa shape index (κ2) is 5.26. The lowest BCUT2D eigenvalue weighted by atomic mass is 9.91. The summed E-state index contributed by atoms with van der Waals surface area (Å²) in [5.41, 5.74) is 0. The van der Waals surface area contributed by atoms with Gasteiger partial charge in [0.2, 0.25) is 5.91 Å². The number of aromatic nitrogens is 3. The number of fused-ring (bicyclic) bond motifs is 1. The lowest BCUT2D eigenvalue weighted by molar-refractivity contribution is -0.160. The molecule has 2 fully saturated rings. The number of carbonyl (C=O) groups excluding carboxylic acids is 2. The molecule has 13 heteroatoms. The molecule has 3 rings (SSSR count). The van der Waals surface area contributed by atoms with Gasteiger partial charge in [-0.3, -0.25) is 14.3 Å². The van der Waals surface area contributed by atoms with Crippen molar-refractivity contribution in [3.05, 3.63) is 12.4 Å². The zero-order valence-corrected chi connectivity index (χ0v) is 14.8. The molecule has 0 aliphatic carbocycles. The second-order valence-corrected chi connectivity index (χ2v) is 9.77. The molecule has 0 bridgehead atoms. The zero-order chi connectivity index (χ0) is 17.9. The summed E-state index contributed by atoms with van der Waals surface area (Å²) >= 11 is 3.00. The Balaban J connectivity index is 2.15. The summed E-state index contributed by atoms with van der Waals surface area (Å²) in [4.78, 5) is 25.4. The van der Waals surface area contributed by atoms with E-state index in [1.807, 2.05) is 0 Å². The number of hydrogen-bond acceptors (Lipinski definition) is 8. The number of rotatable bonds is 4. The molecule has 2 radical (unpaired) electrons. The monoisotopic (exact) mass is 418 g/mol. The third kappa shape index (κ3) is 1.88. The van der Waals surface area contributed by atoms with Gasteiger partial charge in [-0.25, -0.2) is 8.42 Å². The number of aliphatic hydroxyl groups excluding tert-OH is 1. The second-order valence-electron chi connectivity index (χ2n) is 5.88. The van der Waals surface area contributed by atoms with Gasteiger partial charge in [-0.2, -0.15) is 0 Å². The number of alkyl halides is 1. The molecule has 1 aromatic rings. The topological polar surface area (TPSA) is 132 Å². The number of amides is 1. The summed E-state index contributed by atoms with van der Waals surface area (Å²) < 4.78 is 28.2. The molecule has 3 heterocycles. The quantitative estimate of drug-likeness (QED) is 0.329. The Bertz CT molecular complexity index is 803. The van der Waals surface area contributed by atoms with E-state index < -0.39 is 48.8 Å². The maximum atomic E-state index is 13.1. The van der Waals surface area contributed by atoms with E-state index in [0.29, 0.717) is 0 Å². The smallest absolute Gasteiger partial charge is 0.378 e. The van der Waals surface area contributed by atoms with E-state index in [1.165, 1.54) is 24.0 Å². The average Bonchev–Trinajstić information content (AvgIpc) is 3.09. The third-order valence-electron chi connectivity index (χ3n) is 4.55. The Morgan fingerprint density at radius 2 is 2.25 bits per heavy atom. The average molecular weight is 419 g/mol. The van der Waals surface area contributed by atoms with Crippen LogP contribution in [-0.4, -0.2) is 80.4 Å². The van der Waals surface area contributed by atoms with Gasteiger partial charge in [-0.05, 0) is 6.92 Å². The van der Waals surface area contributed by atoms with Gasteiger partial charge >= 0.3 is 14.0 Å². The minimum atomic E-state index is -4.11. The van der Waals surface area contributed by atoms with Crippen LogP contribution < -0.4 is 0 Å². The van der Waals surface area contributed by atoms with Crippen LogP contribution in [-0.2, 0) is 30.6 Å². The van der Waals surface area contributed by atoms with Crippen molar-refractivity contribution in [2.24, 2.45) is 0 Å².